The predicted molar refractivity (Wildman–Crippen MR) is 133 cm³/mol. The minimum atomic E-state index is -1.09. The van der Waals surface area contributed by atoms with Gasteiger partial charge < -0.3 is 19.7 Å². The Balaban J connectivity index is 1.91. The Morgan fingerprint density at radius 3 is 2.42 bits per heavy atom. The van der Waals surface area contributed by atoms with Gasteiger partial charge in [-0.2, -0.15) is 0 Å². The number of aliphatic hydroxyl groups is 1. The molecule has 36 heavy (non-hydrogen) atoms. The van der Waals surface area contributed by atoms with Crippen molar-refractivity contribution in [1.29, 1.82) is 0 Å². The molecule has 0 aromatic heterocycles. The largest absolute Gasteiger partial charge is 0.508 e. The number of carbonyl (C=O) groups is 3. The van der Waals surface area contributed by atoms with Crippen LogP contribution in [-0.2, 0) is 14.3 Å². The minimum absolute atomic E-state index is 0.0870. The van der Waals surface area contributed by atoms with E-state index in [1.165, 1.54) is 60.5 Å². The maximum absolute atomic E-state index is 13.3. The Bertz CT molecular complexity index is 1380. The van der Waals surface area contributed by atoms with Gasteiger partial charge >= 0.3 is 5.97 Å². The summed E-state index contributed by atoms with van der Waals surface area (Å²) in [7, 11) is 1.40. The molecule has 2 N–H and O–H groups in total. The summed E-state index contributed by atoms with van der Waals surface area (Å²) < 4.78 is 10.3. The third-order valence-corrected chi connectivity index (χ3v) is 5.94. The van der Waals surface area contributed by atoms with Crippen LogP contribution in [0.25, 0.3) is 5.76 Å². The van der Waals surface area contributed by atoms with Crippen LogP contribution in [0.4, 0.5) is 5.69 Å². The number of phenolic OH excluding ortho intramolecular Hbond substituents is 1. The monoisotopic (exact) mass is 507 g/mol. The van der Waals surface area contributed by atoms with E-state index in [1.54, 1.807) is 25.1 Å². The second kappa shape index (κ2) is 10.1. The number of aliphatic hydroxyl groups excluding tert-OH is 1. The van der Waals surface area contributed by atoms with Crippen LogP contribution in [0.15, 0.2) is 72.3 Å². The summed E-state index contributed by atoms with van der Waals surface area (Å²) >= 11 is 6.13. The molecule has 3 aromatic carbocycles. The number of carbonyl (C=O) groups excluding carboxylic acids is 3. The summed E-state index contributed by atoms with van der Waals surface area (Å²) in [6, 6.07) is 15.4. The molecule has 1 aliphatic heterocycles. The Labute approximate surface area is 211 Å². The highest BCUT2D eigenvalue weighted by Gasteiger charge is 2.47. The standard InChI is InChI=1S/C27H22ClNO7/c1-3-36-27(34)15-7-10-18(11-8-15)29-23(16-5-4-6-19(30)13-16)22(25(32)26(29)33)24(31)20-14-17(28)9-12-21(20)35-2/h4-14,23,30-31H,3H2,1-2H3/b24-22+. The van der Waals surface area contributed by atoms with E-state index in [0.717, 1.165) is 0 Å². The number of esters is 1. The number of aromatic hydroxyl groups is 1. The van der Waals surface area contributed by atoms with Crippen molar-refractivity contribution in [2.45, 2.75) is 13.0 Å². The van der Waals surface area contributed by atoms with Crippen LogP contribution < -0.4 is 9.64 Å². The lowest BCUT2D eigenvalue weighted by Gasteiger charge is -2.25. The van der Waals surface area contributed by atoms with Crippen LogP contribution in [0, 0.1) is 0 Å². The first-order valence-corrected chi connectivity index (χ1v) is 11.4. The fourth-order valence-corrected chi connectivity index (χ4v) is 4.26. The maximum atomic E-state index is 13.3. The number of halogens is 1. The van der Waals surface area contributed by atoms with E-state index in [4.69, 9.17) is 21.1 Å². The normalized spacial score (nSPS) is 16.8. The van der Waals surface area contributed by atoms with Crippen molar-refractivity contribution in [3.8, 4) is 11.5 Å². The van der Waals surface area contributed by atoms with E-state index in [1.807, 2.05) is 0 Å². The van der Waals surface area contributed by atoms with Crippen LogP contribution in [0.5, 0.6) is 11.5 Å². The quantitative estimate of drug-likeness (QED) is 0.212. The molecule has 1 amide bonds. The zero-order valence-corrected chi connectivity index (χ0v) is 20.2. The molecule has 1 heterocycles. The molecule has 3 aromatic rings. The van der Waals surface area contributed by atoms with Crippen molar-refractivity contribution in [2.24, 2.45) is 0 Å². The number of methoxy groups -OCH3 is 1. The van der Waals surface area contributed by atoms with E-state index >= 15 is 0 Å². The van der Waals surface area contributed by atoms with Gasteiger partial charge in [0.05, 0.1) is 36.5 Å². The lowest BCUT2D eigenvalue weighted by molar-refractivity contribution is -0.132. The molecule has 1 atom stereocenters. The molecule has 0 bridgehead atoms. The van der Waals surface area contributed by atoms with Crippen LogP contribution in [-0.4, -0.2) is 41.6 Å². The van der Waals surface area contributed by atoms with Crippen LogP contribution >= 0.6 is 11.6 Å². The minimum Gasteiger partial charge on any atom is -0.508 e. The highest BCUT2D eigenvalue weighted by Crippen LogP contribution is 2.44. The summed E-state index contributed by atoms with van der Waals surface area (Å²) in [5.74, 6) is -2.67. The van der Waals surface area contributed by atoms with Crippen LogP contribution in [0.2, 0.25) is 5.02 Å². The highest BCUT2D eigenvalue weighted by molar-refractivity contribution is 6.51. The SMILES string of the molecule is CCOC(=O)c1ccc(N2C(=O)C(=O)/C(=C(/O)c3cc(Cl)ccc3OC)C2c2cccc(O)c2)cc1. The van der Waals surface area contributed by atoms with Gasteiger partial charge in [0.25, 0.3) is 11.7 Å². The summed E-state index contributed by atoms with van der Waals surface area (Å²) in [6.07, 6.45) is 0. The smallest absolute Gasteiger partial charge is 0.338 e. The Morgan fingerprint density at radius 2 is 1.78 bits per heavy atom. The number of ketones is 1. The lowest BCUT2D eigenvalue weighted by Crippen LogP contribution is -2.29. The number of hydrogen-bond donors (Lipinski definition) is 2. The van der Waals surface area contributed by atoms with Gasteiger partial charge in [-0.05, 0) is 67.1 Å². The third-order valence-electron chi connectivity index (χ3n) is 5.70. The van der Waals surface area contributed by atoms with Gasteiger partial charge in [0.15, 0.2) is 0 Å². The van der Waals surface area contributed by atoms with E-state index in [0.29, 0.717) is 11.3 Å². The van der Waals surface area contributed by atoms with Gasteiger partial charge in [0.1, 0.15) is 17.3 Å². The van der Waals surface area contributed by atoms with Crippen LogP contribution in [0.1, 0.15) is 34.5 Å². The summed E-state index contributed by atoms with van der Waals surface area (Å²) in [5, 5.41) is 21.7. The maximum Gasteiger partial charge on any atom is 0.338 e. The molecule has 8 nitrogen and oxygen atoms in total. The van der Waals surface area contributed by atoms with Crippen LogP contribution in [0.3, 0.4) is 0 Å². The zero-order valence-electron chi connectivity index (χ0n) is 19.4. The molecular weight excluding hydrogens is 486 g/mol. The molecular formula is C27H22ClNO7. The number of phenols is 1. The van der Waals surface area contributed by atoms with Gasteiger partial charge in [-0.25, -0.2) is 4.79 Å². The summed E-state index contributed by atoms with van der Waals surface area (Å²) in [5.41, 5.74) is 0.878. The summed E-state index contributed by atoms with van der Waals surface area (Å²) in [4.78, 5) is 39.8. The second-order valence-corrected chi connectivity index (χ2v) is 8.31. The van der Waals surface area contributed by atoms with Crippen molar-refractivity contribution in [3.05, 3.63) is 94.0 Å². The topological polar surface area (TPSA) is 113 Å². The zero-order chi connectivity index (χ0) is 26.0. The molecule has 4 rings (SSSR count). The number of ether oxygens (including phenoxy) is 2. The van der Waals surface area contributed by atoms with Gasteiger partial charge in [-0.3, -0.25) is 14.5 Å². The predicted octanol–water partition coefficient (Wildman–Crippen LogP) is 4.86. The number of nitrogens with zero attached hydrogens (tertiary/aromatic N) is 1. The Kier molecular flexibility index (Phi) is 6.98. The molecule has 9 heteroatoms. The van der Waals surface area contributed by atoms with Crippen molar-refractivity contribution in [3.63, 3.8) is 0 Å². The van der Waals surface area contributed by atoms with Crippen molar-refractivity contribution in [2.75, 3.05) is 18.6 Å². The first-order valence-electron chi connectivity index (χ1n) is 11.0. The molecule has 1 unspecified atom stereocenters. The Hall–Kier alpha value is -4.30. The molecule has 1 fully saturated rings. The Morgan fingerprint density at radius 1 is 1.06 bits per heavy atom. The highest BCUT2D eigenvalue weighted by atomic mass is 35.5. The number of benzene rings is 3. The molecule has 0 aliphatic carbocycles. The van der Waals surface area contributed by atoms with Gasteiger partial charge in [-0.1, -0.05) is 23.7 Å². The molecule has 0 spiro atoms. The van der Waals surface area contributed by atoms with E-state index in [-0.39, 0.29) is 39.8 Å². The molecule has 1 saturated heterocycles. The van der Waals surface area contributed by atoms with E-state index < -0.39 is 29.5 Å². The average molecular weight is 508 g/mol. The fraction of sp³-hybridized carbons (Fsp3) is 0.148. The van der Waals surface area contributed by atoms with Crippen molar-refractivity contribution in [1.82, 2.24) is 0 Å². The third kappa shape index (κ3) is 4.50. The van der Waals surface area contributed by atoms with Crippen molar-refractivity contribution < 1.29 is 34.1 Å². The number of anilines is 1. The van der Waals surface area contributed by atoms with E-state index in [9.17, 15) is 24.6 Å². The number of hydrogen-bond acceptors (Lipinski definition) is 7. The molecule has 0 radical (unpaired) electrons. The molecule has 1 aliphatic rings. The second-order valence-electron chi connectivity index (χ2n) is 7.88. The summed E-state index contributed by atoms with van der Waals surface area (Å²) in [6.45, 7) is 1.90. The number of amides is 1. The number of rotatable bonds is 6. The van der Waals surface area contributed by atoms with Crippen molar-refractivity contribution >= 4 is 40.7 Å². The molecule has 184 valence electrons. The van der Waals surface area contributed by atoms with E-state index in [2.05, 4.69) is 0 Å². The first-order chi connectivity index (χ1) is 17.3. The average Bonchev–Trinajstić information content (AvgIpc) is 3.14. The number of Topliss-reactive ketones (excluding diaryl/α,β-unsaturated/α-hetero) is 1. The van der Waals surface area contributed by atoms with Gasteiger partial charge in [0.2, 0.25) is 0 Å². The van der Waals surface area contributed by atoms with Gasteiger partial charge in [0, 0.05) is 10.7 Å². The lowest BCUT2D eigenvalue weighted by atomic mass is 9.94. The van der Waals surface area contributed by atoms with Gasteiger partial charge in [-0.15, -0.1) is 0 Å². The first kappa shape index (κ1) is 24.8. The molecule has 0 saturated carbocycles. The fourth-order valence-electron chi connectivity index (χ4n) is 4.09.